The van der Waals surface area contributed by atoms with Crippen LogP contribution in [0.3, 0.4) is 0 Å². The molecule has 3 aromatic carbocycles. The average Bonchev–Trinajstić information content (AvgIpc) is 2.85. The van der Waals surface area contributed by atoms with Crippen molar-refractivity contribution in [2.45, 2.75) is 51.7 Å². The van der Waals surface area contributed by atoms with Crippen molar-refractivity contribution in [3.8, 4) is 0 Å². The molecule has 4 nitrogen and oxygen atoms in total. The number of carbonyl (C=O) groups excluding carboxylic acids is 2. The molecule has 170 valence electrons. The van der Waals surface area contributed by atoms with Crippen LogP contribution in [0.2, 0.25) is 0 Å². The lowest BCUT2D eigenvalue weighted by Crippen LogP contribution is -2.27. The molecule has 0 aliphatic carbocycles. The lowest BCUT2D eigenvalue weighted by Gasteiger charge is -2.20. The molecule has 6 heteroatoms. The van der Waals surface area contributed by atoms with Crippen LogP contribution in [0.1, 0.15) is 37.6 Å². The molecule has 33 heavy (non-hydrogen) atoms. The van der Waals surface area contributed by atoms with Gasteiger partial charge in [-0.15, -0.1) is 0 Å². The maximum atomic E-state index is 12.5. The Bertz CT molecular complexity index is 1110. The molecule has 4 rings (SSSR count). The van der Waals surface area contributed by atoms with Crippen molar-refractivity contribution in [2.24, 2.45) is 5.41 Å². The van der Waals surface area contributed by atoms with Gasteiger partial charge >= 0.3 is 11.9 Å². The first-order valence-corrected chi connectivity index (χ1v) is 13.0. The van der Waals surface area contributed by atoms with E-state index in [4.69, 9.17) is 9.47 Å². The SMILES string of the molecule is CCC(C)(C)C(=O)OCCOC(=O)c1ccc([S+]2c3ccccc3Sc3ccccc32)cc1. The van der Waals surface area contributed by atoms with Gasteiger partial charge in [-0.05, 0) is 68.8 Å². The first-order chi connectivity index (χ1) is 15.9. The summed E-state index contributed by atoms with van der Waals surface area (Å²) in [6.45, 7) is 5.71. The molecule has 0 fully saturated rings. The first kappa shape index (κ1) is 23.5. The zero-order chi connectivity index (χ0) is 23.4. The molecule has 1 aliphatic rings. The second-order valence-corrected chi connectivity index (χ2v) is 11.4. The van der Waals surface area contributed by atoms with E-state index in [1.165, 1.54) is 19.6 Å². The van der Waals surface area contributed by atoms with Gasteiger partial charge in [-0.2, -0.15) is 0 Å². The van der Waals surface area contributed by atoms with Crippen molar-refractivity contribution in [3.05, 3.63) is 78.4 Å². The first-order valence-electron chi connectivity index (χ1n) is 11.0. The van der Waals surface area contributed by atoms with Crippen molar-refractivity contribution < 1.29 is 19.1 Å². The quantitative estimate of drug-likeness (QED) is 0.175. The monoisotopic (exact) mass is 479 g/mol. The van der Waals surface area contributed by atoms with E-state index < -0.39 is 11.4 Å². The van der Waals surface area contributed by atoms with Crippen molar-refractivity contribution in [1.82, 2.24) is 0 Å². The maximum Gasteiger partial charge on any atom is 0.338 e. The number of ether oxygens (including phenoxy) is 2. The molecule has 0 saturated heterocycles. The molecule has 0 N–H and O–H groups in total. The van der Waals surface area contributed by atoms with Crippen molar-refractivity contribution in [1.29, 1.82) is 0 Å². The number of carbonyl (C=O) groups is 2. The Balaban J connectivity index is 1.44. The Kier molecular flexibility index (Phi) is 7.15. The zero-order valence-corrected chi connectivity index (χ0v) is 20.6. The van der Waals surface area contributed by atoms with Crippen LogP contribution in [0, 0.1) is 5.41 Å². The highest BCUT2D eigenvalue weighted by Crippen LogP contribution is 2.47. The molecule has 0 radical (unpaired) electrons. The molecule has 0 aromatic heterocycles. The van der Waals surface area contributed by atoms with E-state index in [1.807, 2.05) is 45.0 Å². The minimum Gasteiger partial charge on any atom is -0.462 e. The fourth-order valence-electron chi connectivity index (χ4n) is 3.32. The molecule has 0 amide bonds. The Hall–Kier alpha value is -2.70. The molecular weight excluding hydrogens is 452 g/mol. The van der Waals surface area contributed by atoms with Gasteiger partial charge in [0.15, 0.2) is 14.7 Å². The van der Waals surface area contributed by atoms with Gasteiger partial charge < -0.3 is 9.47 Å². The Labute approximate surface area is 202 Å². The molecule has 3 aromatic rings. The van der Waals surface area contributed by atoms with E-state index in [9.17, 15) is 9.59 Å². The number of hydrogen-bond acceptors (Lipinski definition) is 5. The molecule has 0 spiro atoms. The van der Waals surface area contributed by atoms with Crippen LogP contribution in [-0.2, 0) is 25.2 Å². The van der Waals surface area contributed by atoms with Crippen LogP contribution < -0.4 is 0 Å². The highest BCUT2D eigenvalue weighted by atomic mass is 32.2. The predicted octanol–water partition coefficient (Wildman–Crippen LogP) is 6.38. The fraction of sp³-hybridized carbons (Fsp3) is 0.259. The number of esters is 2. The number of benzene rings is 3. The van der Waals surface area contributed by atoms with E-state index in [0.29, 0.717) is 12.0 Å². The molecule has 0 saturated carbocycles. The van der Waals surface area contributed by atoms with Gasteiger partial charge in [0.1, 0.15) is 24.1 Å². The predicted molar refractivity (Wildman–Crippen MR) is 131 cm³/mol. The van der Waals surface area contributed by atoms with Crippen LogP contribution in [-0.4, -0.2) is 25.2 Å². The summed E-state index contributed by atoms with van der Waals surface area (Å²) < 4.78 is 10.5. The smallest absolute Gasteiger partial charge is 0.338 e. The van der Waals surface area contributed by atoms with Crippen molar-refractivity contribution >= 4 is 34.6 Å². The highest BCUT2D eigenvalue weighted by molar-refractivity contribution is 8.04. The van der Waals surface area contributed by atoms with E-state index in [2.05, 4.69) is 48.5 Å². The second kappa shape index (κ2) is 10.1. The molecule has 0 atom stereocenters. The van der Waals surface area contributed by atoms with Gasteiger partial charge in [-0.3, -0.25) is 4.79 Å². The summed E-state index contributed by atoms with van der Waals surface area (Å²) in [5, 5.41) is 0. The van der Waals surface area contributed by atoms with Crippen LogP contribution in [0.5, 0.6) is 0 Å². The van der Waals surface area contributed by atoms with Gasteiger partial charge in [0.05, 0.1) is 20.8 Å². The summed E-state index contributed by atoms with van der Waals surface area (Å²) in [6, 6.07) is 24.6. The van der Waals surface area contributed by atoms with Gasteiger partial charge in [0.2, 0.25) is 0 Å². The van der Waals surface area contributed by atoms with E-state index in [1.54, 1.807) is 11.8 Å². The van der Waals surface area contributed by atoms with Crippen molar-refractivity contribution in [2.75, 3.05) is 13.2 Å². The number of rotatable bonds is 7. The lowest BCUT2D eigenvalue weighted by atomic mass is 9.91. The summed E-state index contributed by atoms with van der Waals surface area (Å²) in [5.74, 6) is -0.701. The molecular formula is C27H27O4S2+. The summed E-state index contributed by atoms with van der Waals surface area (Å²) in [6.07, 6.45) is 0.688. The van der Waals surface area contributed by atoms with Crippen LogP contribution >= 0.6 is 11.8 Å². The third kappa shape index (κ3) is 5.12. The zero-order valence-electron chi connectivity index (χ0n) is 19.0. The third-order valence-electron chi connectivity index (χ3n) is 5.67. The summed E-state index contributed by atoms with van der Waals surface area (Å²) in [5.41, 5.74) is -0.0503. The summed E-state index contributed by atoms with van der Waals surface area (Å²) in [4.78, 5) is 30.8. The summed E-state index contributed by atoms with van der Waals surface area (Å²) in [7, 11) is -0.232. The van der Waals surface area contributed by atoms with E-state index in [0.717, 1.165) is 4.90 Å². The molecule has 1 aliphatic heterocycles. The van der Waals surface area contributed by atoms with Gasteiger partial charge in [0, 0.05) is 0 Å². The van der Waals surface area contributed by atoms with Crippen LogP contribution in [0.15, 0.2) is 97.3 Å². The standard InChI is InChI=1S/C27H27O4S2/c1-4-27(2,3)26(29)31-18-17-30-25(28)19-13-15-20(16-14-19)33-23-11-7-5-9-21(23)32-22-10-6-8-12-24(22)33/h5-16H,4,17-18H2,1-3H3/q+1. The maximum absolute atomic E-state index is 12.5. The molecule has 1 heterocycles. The highest BCUT2D eigenvalue weighted by Gasteiger charge is 2.37. The van der Waals surface area contributed by atoms with Gasteiger partial charge in [0.25, 0.3) is 0 Å². The van der Waals surface area contributed by atoms with Gasteiger partial charge in [-0.1, -0.05) is 43.0 Å². The Morgan fingerprint density at radius 3 is 1.94 bits per heavy atom. The fourth-order valence-corrected chi connectivity index (χ4v) is 7.05. The number of hydrogen-bond donors (Lipinski definition) is 0. The number of fused-ring (bicyclic) bond motifs is 2. The van der Waals surface area contributed by atoms with Crippen molar-refractivity contribution in [3.63, 3.8) is 0 Å². The second-order valence-electron chi connectivity index (χ2n) is 8.34. The van der Waals surface area contributed by atoms with E-state index in [-0.39, 0.29) is 30.1 Å². The molecule has 0 bridgehead atoms. The van der Waals surface area contributed by atoms with Gasteiger partial charge in [-0.25, -0.2) is 4.79 Å². The Morgan fingerprint density at radius 2 is 1.36 bits per heavy atom. The molecule has 0 unspecified atom stereocenters. The lowest BCUT2D eigenvalue weighted by molar-refractivity contribution is -0.155. The largest absolute Gasteiger partial charge is 0.462 e. The third-order valence-corrected chi connectivity index (χ3v) is 9.42. The van der Waals surface area contributed by atoms with Crippen LogP contribution in [0.25, 0.3) is 0 Å². The summed E-state index contributed by atoms with van der Waals surface area (Å²) >= 11 is 1.80. The minimum absolute atomic E-state index is 0.0362. The average molecular weight is 480 g/mol. The Morgan fingerprint density at radius 1 is 0.818 bits per heavy atom. The van der Waals surface area contributed by atoms with E-state index >= 15 is 0 Å². The minimum atomic E-state index is -0.532. The normalized spacial score (nSPS) is 13.1. The van der Waals surface area contributed by atoms with Crippen LogP contribution in [0.4, 0.5) is 0 Å². The topological polar surface area (TPSA) is 52.6 Å².